The molecule has 1 aromatic carbocycles. The lowest BCUT2D eigenvalue weighted by molar-refractivity contribution is -0.137. The average molecular weight is 301 g/mol. The number of halogens is 4. The average Bonchev–Trinajstić information content (AvgIpc) is 2.49. The Bertz CT molecular complexity index is 651. The molecule has 1 aliphatic rings. The zero-order valence-corrected chi connectivity index (χ0v) is 10.9. The van der Waals surface area contributed by atoms with Crippen LogP contribution >= 0.6 is 0 Å². The number of hydrogen-bond donors (Lipinski definition) is 2. The van der Waals surface area contributed by atoms with E-state index >= 15 is 0 Å². The summed E-state index contributed by atoms with van der Waals surface area (Å²) in [5, 5.41) is 9.74. The zero-order chi connectivity index (χ0) is 15.8. The summed E-state index contributed by atoms with van der Waals surface area (Å²) >= 11 is 0. The van der Waals surface area contributed by atoms with Crippen LogP contribution in [0.3, 0.4) is 0 Å². The third-order valence-corrected chi connectivity index (χ3v) is 2.82. The Morgan fingerprint density at radius 1 is 1.29 bits per heavy atom. The normalized spacial score (nSPS) is 16.0. The standard InChI is InChI=1S/C13H11F4N3O/c1-6-12(19-3-2-10(18)20-6)11-8(14)4-7(5-9(11)21)13(15,16)17/h2,4-5,21H,3,18H2,1H3. The molecular formula is C13H11F4N3O. The van der Waals surface area contributed by atoms with Crippen LogP contribution in [-0.2, 0) is 6.18 Å². The van der Waals surface area contributed by atoms with Crippen molar-refractivity contribution in [3.05, 3.63) is 41.0 Å². The van der Waals surface area contributed by atoms with E-state index in [4.69, 9.17) is 5.73 Å². The number of aliphatic imine (C=N–C) groups is 2. The predicted octanol–water partition coefficient (Wildman–Crippen LogP) is 2.61. The molecule has 0 aromatic heterocycles. The van der Waals surface area contributed by atoms with Gasteiger partial charge < -0.3 is 10.8 Å². The number of hydrogen-bond acceptors (Lipinski definition) is 4. The van der Waals surface area contributed by atoms with Crippen LogP contribution in [0.25, 0.3) is 0 Å². The summed E-state index contributed by atoms with van der Waals surface area (Å²) in [5.74, 6) is -1.91. The van der Waals surface area contributed by atoms with Gasteiger partial charge in [-0.05, 0) is 25.1 Å². The third-order valence-electron chi connectivity index (χ3n) is 2.82. The van der Waals surface area contributed by atoms with E-state index in [1.165, 1.54) is 13.0 Å². The minimum atomic E-state index is -4.75. The van der Waals surface area contributed by atoms with Crippen LogP contribution in [-0.4, -0.2) is 23.1 Å². The SMILES string of the molecule is CC1=NC(N)=CCN=C1c1c(O)cc(C(F)(F)F)cc1F. The quantitative estimate of drug-likeness (QED) is 0.783. The molecule has 0 bridgehead atoms. The number of phenolic OH excluding ortho intramolecular Hbond substituents is 1. The monoisotopic (exact) mass is 301 g/mol. The molecule has 0 unspecified atom stereocenters. The lowest BCUT2D eigenvalue weighted by Crippen LogP contribution is -2.16. The highest BCUT2D eigenvalue weighted by Gasteiger charge is 2.33. The number of rotatable bonds is 1. The van der Waals surface area contributed by atoms with Crippen molar-refractivity contribution in [2.24, 2.45) is 15.7 Å². The molecule has 0 saturated carbocycles. The topological polar surface area (TPSA) is 71.0 Å². The summed E-state index contributed by atoms with van der Waals surface area (Å²) in [6.07, 6.45) is -3.28. The largest absolute Gasteiger partial charge is 0.507 e. The summed E-state index contributed by atoms with van der Waals surface area (Å²) < 4.78 is 51.7. The van der Waals surface area contributed by atoms with Gasteiger partial charge in [0.1, 0.15) is 17.4 Å². The number of nitrogens with zero attached hydrogens (tertiary/aromatic N) is 2. The number of benzene rings is 1. The van der Waals surface area contributed by atoms with Crippen LogP contribution in [0.2, 0.25) is 0 Å². The van der Waals surface area contributed by atoms with Gasteiger partial charge in [-0.1, -0.05) is 0 Å². The van der Waals surface area contributed by atoms with Crippen molar-refractivity contribution in [1.82, 2.24) is 0 Å². The molecule has 2 rings (SSSR count). The number of alkyl halides is 3. The summed E-state index contributed by atoms with van der Waals surface area (Å²) in [7, 11) is 0. The van der Waals surface area contributed by atoms with Gasteiger partial charge in [0.15, 0.2) is 0 Å². The van der Waals surface area contributed by atoms with Crippen LogP contribution in [0.5, 0.6) is 5.75 Å². The van der Waals surface area contributed by atoms with Gasteiger partial charge in [-0.25, -0.2) is 9.38 Å². The fraction of sp³-hybridized carbons (Fsp3) is 0.231. The molecule has 4 nitrogen and oxygen atoms in total. The second kappa shape index (κ2) is 5.19. The Morgan fingerprint density at radius 3 is 2.52 bits per heavy atom. The van der Waals surface area contributed by atoms with E-state index in [-0.39, 0.29) is 23.8 Å². The maximum atomic E-state index is 14.0. The van der Waals surface area contributed by atoms with Gasteiger partial charge in [0.25, 0.3) is 0 Å². The minimum absolute atomic E-state index is 0.0320. The van der Waals surface area contributed by atoms with E-state index < -0.39 is 28.9 Å². The number of nitrogens with two attached hydrogens (primary N) is 1. The Morgan fingerprint density at radius 2 is 1.95 bits per heavy atom. The van der Waals surface area contributed by atoms with Gasteiger partial charge in [-0.15, -0.1) is 0 Å². The Hall–Kier alpha value is -2.38. The number of aromatic hydroxyl groups is 1. The van der Waals surface area contributed by atoms with Gasteiger partial charge in [-0.2, -0.15) is 13.2 Å². The van der Waals surface area contributed by atoms with Crippen molar-refractivity contribution in [3.8, 4) is 5.75 Å². The van der Waals surface area contributed by atoms with Gasteiger partial charge in [0.05, 0.1) is 29.1 Å². The van der Waals surface area contributed by atoms with Crippen LogP contribution < -0.4 is 5.73 Å². The van der Waals surface area contributed by atoms with Gasteiger partial charge in [-0.3, -0.25) is 4.99 Å². The Balaban J connectivity index is 2.56. The Labute approximate surface area is 117 Å². The van der Waals surface area contributed by atoms with E-state index in [2.05, 4.69) is 9.98 Å². The fourth-order valence-electron chi connectivity index (χ4n) is 1.89. The highest BCUT2D eigenvalue weighted by atomic mass is 19.4. The lowest BCUT2D eigenvalue weighted by Gasteiger charge is -2.13. The first-order valence-corrected chi connectivity index (χ1v) is 5.86. The van der Waals surface area contributed by atoms with Crippen LogP contribution in [0.1, 0.15) is 18.1 Å². The molecule has 8 heteroatoms. The Kier molecular flexibility index (Phi) is 3.71. The molecule has 1 heterocycles. The summed E-state index contributed by atoms with van der Waals surface area (Å²) in [6, 6.07) is 0.766. The van der Waals surface area contributed by atoms with Crippen molar-refractivity contribution in [3.63, 3.8) is 0 Å². The highest BCUT2D eigenvalue weighted by Crippen LogP contribution is 2.34. The van der Waals surface area contributed by atoms with Crippen molar-refractivity contribution < 1.29 is 22.7 Å². The van der Waals surface area contributed by atoms with E-state index in [0.29, 0.717) is 12.1 Å². The van der Waals surface area contributed by atoms with E-state index in [1.807, 2.05) is 0 Å². The molecule has 0 fully saturated rings. The smallest absolute Gasteiger partial charge is 0.416 e. The molecule has 0 saturated heterocycles. The molecule has 112 valence electrons. The molecule has 21 heavy (non-hydrogen) atoms. The molecule has 0 atom stereocenters. The maximum Gasteiger partial charge on any atom is 0.416 e. The van der Waals surface area contributed by atoms with E-state index in [9.17, 15) is 22.7 Å². The summed E-state index contributed by atoms with van der Waals surface area (Å²) in [6.45, 7) is 1.56. The van der Waals surface area contributed by atoms with Crippen molar-refractivity contribution in [1.29, 1.82) is 0 Å². The predicted molar refractivity (Wildman–Crippen MR) is 69.9 cm³/mol. The first-order valence-electron chi connectivity index (χ1n) is 5.86. The lowest BCUT2D eigenvalue weighted by atomic mass is 10.0. The molecule has 1 aromatic rings. The fourth-order valence-corrected chi connectivity index (χ4v) is 1.89. The van der Waals surface area contributed by atoms with Crippen molar-refractivity contribution >= 4 is 11.4 Å². The molecular weight excluding hydrogens is 290 g/mol. The van der Waals surface area contributed by atoms with Crippen molar-refractivity contribution in [2.45, 2.75) is 13.1 Å². The first-order chi connectivity index (χ1) is 9.70. The van der Waals surface area contributed by atoms with Gasteiger partial charge in [0, 0.05) is 0 Å². The maximum absolute atomic E-state index is 14.0. The molecule has 0 radical (unpaired) electrons. The van der Waals surface area contributed by atoms with E-state index in [1.54, 1.807) is 0 Å². The number of phenols is 1. The summed E-state index contributed by atoms with van der Waals surface area (Å²) in [4.78, 5) is 7.90. The molecule has 3 N–H and O–H groups in total. The second-order valence-electron chi connectivity index (χ2n) is 4.37. The van der Waals surface area contributed by atoms with Crippen LogP contribution in [0.15, 0.2) is 34.0 Å². The van der Waals surface area contributed by atoms with Gasteiger partial charge in [0.2, 0.25) is 0 Å². The molecule has 1 aliphatic heterocycles. The molecule has 0 aliphatic carbocycles. The highest BCUT2D eigenvalue weighted by molar-refractivity contribution is 6.48. The third kappa shape index (κ3) is 3.04. The van der Waals surface area contributed by atoms with E-state index in [0.717, 1.165) is 0 Å². The minimum Gasteiger partial charge on any atom is -0.507 e. The zero-order valence-electron chi connectivity index (χ0n) is 10.9. The second-order valence-corrected chi connectivity index (χ2v) is 4.37. The summed E-state index contributed by atoms with van der Waals surface area (Å²) in [5.41, 5.74) is 3.99. The molecule has 0 amide bonds. The van der Waals surface area contributed by atoms with Gasteiger partial charge >= 0.3 is 6.18 Å². The van der Waals surface area contributed by atoms with Crippen LogP contribution in [0, 0.1) is 5.82 Å². The molecule has 0 spiro atoms. The van der Waals surface area contributed by atoms with Crippen molar-refractivity contribution in [2.75, 3.05) is 6.54 Å². The van der Waals surface area contributed by atoms with Crippen LogP contribution in [0.4, 0.5) is 17.6 Å². The first kappa shape index (κ1) is 15.0.